The van der Waals surface area contributed by atoms with Crippen molar-refractivity contribution in [2.75, 3.05) is 19.8 Å². The molecule has 2 unspecified atom stereocenters. The molecule has 1 N–H and O–H groups in total. The molecule has 1 saturated heterocycles. The van der Waals surface area contributed by atoms with Crippen molar-refractivity contribution >= 4 is 5.91 Å². The highest BCUT2D eigenvalue weighted by molar-refractivity contribution is 5.95. The van der Waals surface area contributed by atoms with E-state index in [9.17, 15) is 14.3 Å². The number of benzene rings is 1. The maximum absolute atomic E-state index is 13.2. The second-order valence-corrected chi connectivity index (χ2v) is 6.19. The van der Waals surface area contributed by atoms with Gasteiger partial charge in [-0.25, -0.2) is 9.07 Å². The first-order chi connectivity index (χ1) is 12.0. The topological polar surface area (TPSA) is 67.6 Å². The molecule has 0 bridgehead atoms. The van der Waals surface area contributed by atoms with Gasteiger partial charge in [0.1, 0.15) is 5.82 Å². The molecule has 3 rings (SSSR count). The number of carbonyl (C=O) groups excluding carboxylic acids is 1. The molecule has 6 nitrogen and oxygen atoms in total. The number of aliphatic hydroxyl groups excluding tert-OH is 1. The van der Waals surface area contributed by atoms with E-state index in [-0.39, 0.29) is 30.5 Å². The fourth-order valence-corrected chi connectivity index (χ4v) is 3.06. The van der Waals surface area contributed by atoms with Crippen molar-refractivity contribution in [3.63, 3.8) is 0 Å². The van der Waals surface area contributed by atoms with E-state index in [0.717, 1.165) is 5.69 Å². The third kappa shape index (κ3) is 3.43. The Kier molecular flexibility index (Phi) is 5.15. The van der Waals surface area contributed by atoms with Crippen LogP contribution < -0.4 is 0 Å². The molecule has 134 valence electrons. The molecular weight excluding hydrogens is 325 g/mol. The maximum atomic E-state index is 13.2. The molecule has 2 heterocycles. The molecule has 0 aliphatic carbocycles. The van der Waals surface area contributed by atoms with Gasteiger partial charge in [0.25, 0.3) is 5.91 Å². The second kappa shape index (κ2) is 7.33. The Morgan fingerprint density at radius 1 is 1.40 bits per heavy atom. The second-order valence-electron chi connectivity index (χ2n) is 6.19. The molecule has 1 aliphatic rings. The van der Waals surface area contributed by atoms with Gasteiger partial charge in [0.2, 0.25) is 0 Å². The molecule has 0 spiro atoms. The van der Waals surface area contributed by atoms with Gasteiger partial charge in [-0.05, 0) is 37.6 Å². The minimum absolute atomic E-state index is 0.0748. The summed E-state index contributed by atoms with van der Waals surface area (Å²) in [5.41, 5.74) is 2.01. The van der Waals surface area contributed by atoms with Crippen LogP contribution in [-0.2, 0) is 11.2 Å². The highest BCUT2D eigenvalue weighted by atomic mass is 19.1. The lowest BCUT2D eigenvalue weighted by Gasteiger charge is -2.37. The van der Waals surface area contributed by atoms with Gasteiger partial charge < -0.3 is 14.7 Å². The van der Waals surface area contributed by atoms with Crippen LogP contribution in [0.25, 0.3) is 5.69 Å². The minimum atomic E-state index is -0.364. The summed E-state index contributed by atoms with van der Waals surface area (Å²) in [6.45, 7) is 4.49. The number of aliphatic hydroxyl groups is 1. The fraction of sp³-hybridized carbons (Fsp3) is 0.444. The normalized spacial score (nSPS) is 20.7. The van der Waals surface area contributed by atoms with Crippen LogP contribution in [0.4, 0.5) is 4.39 Å². The van der Waals surface area contributed by atoms with E-state index in [1.54, 1.807) is 27.9 Å². The van der Waals surface area contributed by atoms with Crippen molar-refractivity contribution < 1.29 is 19.0 Å². The van der Waals surface area contributed by atoms with E-state index in [1.165, 1.54) is 12.1 Å². The Balaban J connectivity index is 1.92. The van der Waals surface area contributed by atoms with Crippen LogP contribution >= 0.6 is 0 Å². The van der Waals surface area contributed by atoms with Crippen molar-refractivity contribution in [2.45, 2.75) is 32.4 Å². The molecular formula is C18H22FN3O3. The zero-order valence-corrected chi connectivity index (χ0v) is 14.4. The number of morpholine rings is 1. The van der Waals surface area contributed by atoms with E-state index in [2.05, 4.69) is 5.10 Å². The van der Waals surface area contributed by atoms with Crippen LogP contribution in [0.15, 0.2) is 30.5 Å². The van der Waals surface area contributed by atoms with Gasteiger partial charge in [-0.3, -0.25) is 4.79 Å². The van der Waals surface area contributed by atoms with Gasteiger partial charge in [-0.2, -0.15) is 5.10 Å². The number of ether oxygens (including phenoxy) is 1. The zero-order valence-electron chi connectivity index (χ0n) is 14.4. The first-order valence-electron chi connectivity index (χ1n) is 8.41. The van der Waals surface area contributed by atoms with Gasteiger partial charge >= 0.3 is 0 Å². The SMILES string of the molecule is CCc1c(C(=O)N2CC(CO)OCC2C)cnn1-c1ccc(F)cc1. The lowest BCUT2D eigenvalue weighted by atomic mass is 10.1. The van der Waals surface area contributed by atoms with Crippen molar-refractivity contribution in [1.82, 2.24) is 14.7 Å². The van der Waals surface area contributed by atoms with Crippen LogP contribution in [-0.4, -0.2) is 57.6 Å². The molecule has 25 heavy (non-hydrogen) atoms. The average Bonchev–Trinajstić information content (AvgIpc) is 3.06. The average molecular weight is 347 g/mol. The molecule has 7 heteroatoms. The Morgan fingerprint density at radius 2 is 2.12 bits per heavy atom. The van der Waals surface area contributed by atoms with E-state index < -0.39 is 0 Å². The lowest BCUT2D eigenvalue weighted by Crippen LogP contribution is -2.52. The predicted octanol–water partition coefficient (Wildman–Crippen LogP) is 1.80. The first kappa shape index (κ1) is 17.6. The summed E-state index contributed by atoms with van der Waals surface area (Å²) in [5, 5.41) is 13.6. The van der Waals surface area contributed by atoms with Crippen molar-refractivity contribution in [1.29, 1.82) is 0 Å². The number of amides is 1. The van der Waals surface area contributed by atoms with Crippen molar-refractivity contribution in [3.8, 4) is 5.69 Å². The number of hydrogen-bond donors (Lipinski definition) is 1. The quantitative estimate of drug-likeness (QED) is 0.916. The summed E-state index contributed by atoms with van der Waals surface area (Å²) in [4.78, 5) is 14.7. The Hall–Kier alpha value is -2.25. The number of aromatic nitrogens is 2. The van der Waals surface area contributed by atoms with E-state index in [0.29, 0.717) is 30.8 Å². The van der Waals surface area contributed by atoms with Gasteiger partial charge in [-0.1, -0.05) is 6.92 Å². The third-order valence-corrected chi connectivity index (χ3v) is 4.48. The van der Waals surface area contributed by atoms with Crippen LogP contribution in [0.3, 0.4) is 0 Å². The van der Waals surface area contributed by atoms with Crippen LogP contribution in [0.5, 0.6) is 0 Å². The largest absolute Gasteiger partial charge is 0.394 e. The number of carbonyl (C=O) groups is 1. The lowest BCUT2D eigenvalue weighted by molar-refractivity contribution is -0.0667. The van der Waals surface area contributed by atoms with Crippen molar-refractivity contribution in [3.05, 3.63) is 47.5 Å². The van der Waals surface area contributed by atoms with Crippen molar-refractivity contribution in [2.24, 2.45) is 0 Å². The highest BCUT2D eigenvalue weighted by Crippen LogP contribution is 2.21. The maximum Gasteiger partial charge on any atom is 0.257 e. The molecule has 1 aliphatic heterocycles. The summed E-state index contributed by atoms with van der Waals surface area (Å²) in [7, 11) is 0. The number of hydrogen-bond acceptors (Lipinski definition) is 4. The molecule has 2 aromatic rings. The van der Waals surface area contributed by atoms with Crippen LogP contribution in [0.2, 0.25) is 0 Å². The molecule has 1 fully saturated rings. The van der Waals surface area contributed by atoms with Gasteiger partial charge in [0.15, 0.2) is 0 Å². The summed E-state index contributed by atoms with van der Waals surface area (Å²) >= 11 is 0. The predicted molar refractivity (Wildman–Crippen MR) is 90.2 cm³/mol. The van der Waals surface area contributed by atoms with Gasteiger partial charge in [-0.15, -0.1) is 0 Å². The molecule has 0 saturated carbocycles. The third-order valence-electron chi connectivity index (χ3n) is 4.48. The minimum Gasteiger partial charge on any atom is -0.394 e. The summed E-state index contributed by atoms with van der Waals surface area (Å²) in [5.74, 6) is -0.443. The monoisotopic (exact) mass is 347 g/mol. The zero-order chi connectivity index (χ0) is 18.0. The van der Waals surface area contributed by atoms with Crippen LogP contribution in [0, 0.1) is 5.82 Å². The number of halogens is 1. The molecule has 1 aromatic carbocycles. The van der Waals surface area contributed by atoms with Crippen LogP contribution in [0.1, 0.15) is 29.9 Å². The standard InChI is InChI=1S/C18H22FN3O3/c1-3-17-16(8-20-22(17)14-6-4-13(19)5-7-14)18(24)21-9-15(10-23)25-11-12(21)2/h4-8,12,15,23H,3,9-11H2,1-2H3. The summed E-state index contributed by atoms with van der Waals surface area (Å²) in [6, 6.07) is 5.93. The van der Waals surface area contributed by atoms with Gasteiger partial charge in [0.05, 0.1) is 48.5 Å². The number of rotatable bonds is 4. The highest BCUT2D eigenvalue weighted by Gasteiger charge is 2.32. The smallest absolute Gasteiger partial charge is 0.257 e. The fourth-order valence-electron chi connectivity index (χ4n) is 3.06. The van der Waals surface area contributed by atoms with E-state index in [1.807, 2.05) is 13.8 Å². The Morgan fingerprint density at radius 3 is 2.76 bits per heavy atom. The van der Waals surface area contributed by atoms with E-state index >= 15 is 0 Å². The molecule has 0 radical (unpaired) electrons. The molecule has 1 amide bonds. The van der Waals surface area contributed by atoms with E-state index in [4.69, 9.17) is 4.74 Å². The molecule has 2 atom stereocenters. The van der Waals surface area contributed by atoms with Gasteiger partial charge in [0, 0.05) is 6.54 Å². The Bertz CT molecular complexity index is 745. The summed E-state index contributed by atoms with van der Waals surface area (Å²) in [6.07, 6.45) is 1.80. The Labute approximate surface area is 145 Å². The molecule has 1 aromatic heterocycles. The number of nitrogens with zero attached hydrogens (tertiary/aromatic N) is 3. The summed E-state index contributed by atoms with van der Waals surface area (Å²) < 4.78 is 20.3. The first-order valence-corrected chi connectivity index (χ1v) is 8.41.